The summed E-state index contributed by atoms with van der Waals surface area (Å²) in [6, 6.07) is 16.8. The molecule has 34 heavy (non-hydrogen) atoms. The average Bonchev–Trinajstić information content (AvgIpc) is 3.14. The van der Waals surface area contributed by atoms with Gasteiger partial charge >= 0.3 is 0 Å². The Kier molecular flexibility index (Phi) is 6.46. The van der Waals surface area contributed by atoms with Crippen LogP contribution in [0.1, 0.15) is 32.4 Å². The van der Waals surface area contributed by atoms with Crippen molar-refractivity contribution >= 4 is 36.6 Å². The van der Waals surface area contributed by atoms with Crippen molar-refractivity contribution in [3.63, 3.8) is 0 Å². The minimum atomic E-state index is -2.02. The van der Waals surface area contributed by atoms with Crippen LogP contribution in [0.15, 0.2) is 65.6 Å². The number of rotatable bonds is 6. The van der Waals surface area contributed by atoms with E-state index in [1.165, 1.54) is 0 Å². The van der Waals surface area contributed by atoms with Crippen LogP contribution in [0.25, 0.3) is 22.0 Å². The lowest BCUT2D eigenvalue weighted by Gasteiger charge is -2.37. The van der Waals surface area contributed by atoms with Gasteiger partial charge in [-0.2, -0.15) is 5.10 Å². The molecule has 4 rings (SSSR count). The molecule has 3 N–H and O–H groups in total. The molecule has 2 aromatic carbocycles. The summed E-state index contributed by atoms with van der Waals surface area (Å²) in [5, 5.41) is 8.48. The number of halogens is 1. The van der Waals surface area contributed by atoms with E-state index in [4.69, 9.17) is 21.8 Å². The Labute approximate surface area is 205 Å². The van der Waals surface area contributed by atoms with E-state index < -0.39 is 8.32 Å². The first-order valence-corrected chi connectivity index (χ1v) is 14.6. The van der Waals surface area contributed by atoms with Gasteiger partial charge in [0.15, 0.2) is 14.1 Å². The summed E-state index contributed by atoms with van der Waals surface area (Å²) in [6.07, 6.45) is 1.83. The topological polar surface area (TPSA) is 85.9 Å². The fraction of sp³-hybridized carbons (Fsp3) is 0.308. The van der Waals surface area contributed by atoms with Crippen LogP contribution in [0.5, 0.6) is 0 Å². The van der Waals surface area contributed by atoms with Gasteiger partial charge < -0.3 is 14.7 Å². The standard InChI is InChI=1S/C26H31ClN4O2Si/c1-26(2,3)34(4,5)33-16-23(19-7-6-8-20(27)13-19)31-12-11-18(15-24(31)32)17-9-10-22-21(14-17)25(28)30-29-22/h6-15,23H,16H2,1-5H3,(H3,28,29,30). The quantitative estimate of drug-likeness (QED) is 0.311. The van der Waals surface area contributed by atoms with Crippen molar-refractivity contribution in [2.75, 3.05) is 12.3 Å². The molecule has 0 fully saturated rings. The molecule has 0 saturated carbocycles. The van der Waals surface area contributed by atoms with Crippen LogP contribution >= 0.6 is 11.6 Å². The van der Waals surface area contributed by atoms with E-state index in [2.05, 4.69) is 44.1 Å². The zero-order valence-electron chi connectivity index (χ0n) is 20.2. The maximum atomic E-state index is 13.4. The number of benzene rings is 2. The van der Waals surface area contributed by atoms with Crippen LogP contribution in [-0.2, 0) is 4.43 Å². The lowest BCUT2D eigenvalue weighted by Crippen LogP contribution is -2.43. The van der Waals surface area contributed by atoms with Crippen molar-refractivity contribution < 1.29 is 4.43 Å². The molecule has 0 spiro atoms. The highest BCUT2D eigenvalue weighted by Crippen LogP contribution is 2.37. The molecule has 6 nitrogen and oxygen atoms in total. The first-order valence-electron chi connectivity index (χ1n) is 11.3. The average molecular weight is 495 g/mol. The lowest BCUT2D eigenvalue weighted by atomic mass is 10.0. The number of nitrogen functional groups attached to an aromatic ring is 1. The van der Waals surface area contributed by atoms with Gasteiger partial charge in [0, 0.05) is 22.7 Å². The zero-order chi connectivity index (χ0) is 24.7. The number of pyridine rings is 1. The Morgan fingerprint density at radius 2 is 1.85 bits per heavy atom. The first-order chi connectivity index (χ1) is 16.0. The van der Waals surface area contributed by atoms with Crippen molar-refractivity contribution in [2.24, 2.45) is 0 Å². The summed E-state index contributed by atoms with van der Waals surface area (Å²) >= 11 is 6.30. The zero-order valence-corrected chi connectivity index (χ0v) is 22.0. The van der Waals surface area contributed by atoms with Gasteiger partial charge in [0.25, 0.3) is 5.56 Å². The molecule has 0 bridgehead atoms. The maximum Gasteiger partial charge on any atom is 0.251 e. The number of H-pyrrole nitrogens is 1. The lowest BCUT2D eigenvalue weighted by molar-refractivity contribution is 0.246. The largest absolute Gasteiger partial charge is 0.414 e. The van der Waals surface area contributed by atoms with Crippen LogP contribution < -0.4 is 11.3 Å². The number of fused-ring (bicyclic) bond motifs is 1. The summed E-state index contributed by atoms with van der Waals surface area (Å²) < 4.78 is 8.27. The highest BCUT2D eigenvalue weighted by Gasteiger charge is 2.38. The Morgan fingerprint density at radius 3 is 2.53 bits per heavy atom. The second-order valence-corrected chi connectivity index (χ2v) is 15.4. The van der Waals surface area contributed by atoms with Crippen molar-refractivity contribution in [1.82, 2.24) is 14.8 Å². The molecule has 1 atom stereocenters. The predicted molar refractivity (Wildman–Crippen MR) is 143 cm³/mol. The van der Waals surface area contributed by atoms with Gasteiger partial charge in [-0.3, -0.25) is 9.89 Å². The molecular formula is C26H31ClN4O2Si. The van der Waals surface area contributed by atoms with Crippen molar-refractivity contribution in [3.8, 4) is 11.1 Å². The normalized spacial score (nSPS) is 13.4. The minimum Gasteiger partial charge on any atom is -0.414 e. The van der Waals surface area contributed by atoms with E-state index in [1.807, 2.05) is 54.7 Å². The summed E-state index contributed by atoms with van der Waals surface area (Å²) in [5.41, 5.74) is 9.37. The fourth-order valence-corrected chi connectivity index (χ4v) is 4.90. The number of nitrogens with zero attached hydrogens (tertiary/aromatic N) is 2. The SMILES string of the molecule is CC(C)(C)[Si](C)(C)OCC(c1cccc(Cl)c1)n1ccc(-c2ccc3[nH]nc(N)c3c2)cc1=O. The smallest absolute Gasteiger partial charge is 0.251 e. The third kappa shape index (κ3) is 4.82. The highest BCUT2D eigenvalue weighted by molar-refractivity contribution is 6.74. The molecule has 1 unspecified atom stereocenters. The van der Waals surface area contributed by atoms with E-state index in [0.29, 0.717) is 17.4 Å². The van der Waals surface area contributed by atoms with Gasteiger partial charge in [0.1, 0.15) is 0 Å². The Morgan fingerprint density at radius 1 is 1.12 bits per heavy atom. The van der Waals surface area contributed by atoms with E-state index >= 15 is 0 Å². The number of nitrogens with one attached hydrogen (secondary N) is 1. The van der Waals surface area contributed by atoms with Crippen LogP contribution in [0.3, 0.4) is 0 Å². The molecule has 178 valence electrons. The molecule has 0 aliphatic rings. The molecule has 2 aromatic heterocycles. The van der Waals surface area contributed by atoms with Gasteiger partial charge in [-0.1, -0.05) is 50.6 Å². The van der Waals surface area contributed by atoms with Crippen molar-refractivity contribution in [1.29, 1.82) is 0 Å². The van der Waals surface area contributed by atoms with Crippen molar-refractivity contribution in [2.45, 2.75) is 44.9 Å². The summed E-state index contributed by atoms with van der Waals surface area (Å²) in [5.74, 6) is 0.439. The number of aromatic nitrogens is 3. The van der Waals surface area contributed by atoms with Gasteiger partial charge in [-0.05, 0) is 65.2 Å². The number of aromatic amines is 1. The van der Waals surface area contributed by atoms with E-state index in [9.17, 15) is 4.79 Å². The Hall–Kier alpha value is -2.87. The number of anilines is 1. The second-order valence-electron chi connectivity index (χ2n) is 10.2. The first kappa shape index (κ1) is 24.3. The Balaban J connectivity index is 1.72. The van der Waals surface area contributed by atoms with Crippen LogP contribution in [-0.4, -0.2) is 29.7 Å². The van der Waals surface area contributed by atoms with Gasteiger partial charge in [-0.15, -0.1) is 0 Å². The minimum absolute atomic E-state index is 0.0638. The summed E-state index contributed by atoms with van der Waals surface area (Å²) in [7, 11) is -2.02. The highest BCUT2D eigenvalue weighted by atomic mass is 35.5. The van der Waals surface area contributed by atoms with Crippen molar-refractivity contribution in [3.05, 3.63) is 81.7 Å². The van der Waals surface area contributed by atoms with Gasteiger partial charge in [0.2, 0.25) is 0 Å². The van der Waals surface area contributed by atoms with Gasteiger partial charge in [0.05, 0.1) is 18.2 Å². The summed E-state index contributed by atoms with van der Waals surface area (Å²) in [6.45, 7) is 11.4. The molecule has 0 radical (unpaired) electrons. The molecule has 2 heterocycles. The number of hydrogen-bond donors (Lipinski definition) is 2. The third-order valence-corrected chi connectivity index (χ3v) is 11.6. The number of hydrogen-bond acceptors (Lipinski definition) is 4. The molecule has 8 heteroatoms. The van der Waals surface area contributed by atoms with Crippen LogP contribution in [0, 0.1) is 0 Å². The summed E-state index contributed by atoms with van der Waals surface area (Å²) in [4.78, 5) is 13.4. The second kappa shape index (κ2) is 9.06. The molecule has 0 amide bonds. The Bertz CT molecular complexity index is 1390. The van der Waals surface area contributed by atoms with Gasteiger partial charge in [-0.25, -0.2) is 0 Å². The third-order valence-electron chi connectivity index (χ3n) is 6.85. The van der Waals surface area contributed by atoms with Crippen LogP contribution in [0.2, 0.25) is 23.2 Å². The molecular weight excluding hydrogens is 464 g/mol. The molecule has 0 saturated heterocycles. The monoisotopic (exact) mass is 494 g/mol. The van der Waals surface area contributed by atoms with E-state index in [-0.39, 0.29) is 16.6 Å². The molecule has 0 aliphatic heterocycles. The number of nitrogens with two attached hydrogens (primary N) is 1. The van der Waals surface area contributed by atoms with E-state index in [0.717, 1.165) is 27.6 Å². The van der Waals surface area contributed by atoms with Crippen LogP contribution in [0.4, 0.5) is 5.82 Å². The predicted octanol–water partition coefficient (Wildman–Crippen LogP) is 6.24. The molecule has 4 aromatic rings. The molecule has 0 aliphatic carbocycles. The fourth-order valence-electron chi connectivity index (χ4n) is 3.70. The maximum absolute atomic E-state index is 13.4. The van der Waals surface area contributed by atoms with E-state index in [1.54, 1.807) is 10.6 Å².